The molecule has 1 atom stereocenters. The molecule has 0 bridgehead atoms. The van der Waals surface area contributed by atoms with Gasteiger partial charge in [-0.15, -0.1) is 0 Å². The number of carbonyl (C=O) groups is 1. The lowest BCUT2D eigenvalue weighted by atomic mass is 10.0. The molecule has 0 aliphatic carbocycles. The van der Waals surface area contributed by atoms with Crippen LogP contribution in [0.2, 0.25) is 0 Å². The van der Waals surface area contributed by atoms with Gasteiger partial charge in [0.2, 0.25) is 5.91 Å². The van der Waals surface area contributed by atoms with Crippen molar-refractivity contribution in [3.63, 3.8) is 0 Å². The minimum absolute atomic E-state index is 0.0181. The van der Waals surface area contributed by atoms with E-state index >= 15 is 0 Å². The summed E-state index contributed by atoms with van der Waals surface area (Å²) in [6.45, 7) is 1.64. The Labute approximate surface area is 94.8 Å². The zero-order valence-electron chi connectivity index (χ0n) is 9.48. The van der Waals surface area contributed by atoms with E-state index in [2.05, 4.69) is 15.4 Å². The van der Waals surface area contributed by atoms with Gasteiger partial charge < -0.3 is 9.84 Å². The van der Waals surface area contributed by atoms with Gasteiger partial charge in [-0.25, -0.2) is 0 Å². The van der Waals surface area contributed by atoms with E-state index in [4.69, 9.17) is 4.52 Å². The molecule has 0 unspecified atom stereocenters. The number of aromatic nitrogens is 1. The fraction of sp³-hybridized carbons (Fsp3) is 0.636. The van der Waals surface area contributed by atoms with E-state index in [-0.39, 0.29) is 11.9 Å². The van der Waals surface area contributed by atoms with Gasteiger partial charge in [0, 0.05) is 19.7 Å². The van der Waals surface area contributed by atoms with E-state index in [9.17, 15) is 4.79 Å². The van der Waals surface area contributed by atoms with Crippen molar-refractivity contribution in [1.29, 1.82) is 0 Å². The molecule has 0 radical (unpaired) electrons. The molecular formula is C11H17N3O2. The minimum atomic E-state index is -0.0181. The van der Waals surface area contributed by atoms with Crippen molar-refractivity contribution in [3.8, 4) is 0 Å². The van der Waals surface area contributed by atoms with Gasteiger partial charge in [0.1, 0.15) is 6.26 Å². The van der Waals surface area contributed by atoms with Crippen LogP contribution in [0, 0.1) is 0 Å². The second-order valence-electron chi connectivity index (χ2n) is 4.09. The molecule has 2 heterocycles. The molecule has 1 aliphatic heterocycles. The SMILES string of the molecule is CNC(=O)[C@@H]1CCCCN1Cc1ccon1. The predicted molar refractivity (Wildman–Crippen MR) is 58.6 cm³/mol. The van der Waals surface area contributed by atoms with Crippen molar-refractivity contribution in [2.24, 2.45) is 0 Å². The number of piperidine rings is 1. The molecule has 16 heavy (non-hydrogen) atoms. The second kappa shape index (κ2) is 5.12. The number of rotatable bonds is 3. The van der Waals surface area contributed by atoms with Gasteiger partial charge in [-0.1, -0.05) is 11.6 Å². The van der Waals surface area contributed by atoms with Gasteiger partial charge in [0.05, 0.1) is 11.7 Å². The lowest BCUT2D eigenvalue weighted by Gasteiger charge is -2.33. The van der Waals surface area contributed by atoms with Crippen LogP contribution in [0.5, 0.6) is 0 Å². The molecule has 5 nitrogen and oxygen atoms in total. The van der Waals surface area contributed by atoms with Crippen LogP contribution < -0.4 is 5.32 Å². The van der Waals surface area contributed by atoms with E-state index in [0.717, 1.165) is 31.5 Å². The van der Waals surface area contributed by atoms with Gasteiger partial charge in [-0.05, 0) is 19.4 Å². The highest BCUT2D eigenvalue weighted by Gasteiger charge is 2.28. The fourth-order valence-electron chi connectivity index (χ4n) is 2.17. The van der Waals surface area contributed by atoms with Crippen LogP contribution in [0.15, 0.2) is 16.9 Å². The smallest absolute Gasteiger partial charge is 0.237 e. The summed E-state index contributed by atoms with van der Waals surface area (Å²) < 4.78 is 4.80. The van der Waals surface area contributed by atoms with Crippen LogP contribution in [-0.2, 0) is 11.3 Å². The highest BCUT2D eigenvalue weighted by atomic mass is 16.5. The van der Waals surface area contributed by atoms with Crippen molar-refractivity contribution in [2.75, 3.05) is 13.6 Å². The number of nitrogens with zero attached hydrogens (tertiary/aromatic N) is 2. The number of nitrogens with one attached hydrogen (secondary N) is 1. The number of hydrogen-bond donors (Lipinski definition) is 1. The Hall–Kier alpha value is -1.36. The molecule has 1 aromatic heterocycles. The van der Waals surface area contributed by atoms with Crippen molar-refractivity contribution in [3.05, 3.63) is 18.0 Å². The highest BCUT2D eigenvalue weighted by molar-refractivity contribution is 5.81. The Morgan fingerprint density at radius 1 is 1.69 bits per heavy atom. The Kier molecular flexibility index (Phi) is 3.56. The molecule has 5 heteroatoms. The number of hydrogen-bond acceptors (Lipinski definition) is 4. The standard InChI is InChI=1S/C11H17N3O2/c1-12-11(15)10-4-2-3-6-14(10)8-9-5-7-16-13-9/h5,7,10H,2-4,6,8H2,1H3,(H,12,15)/t10-/m0/s1. The van der Waals surface area contributed by atoms with E-state index in [1.807, 2.05) is 6.07 Å². The largest absolute Gasteiger partial charge is 0.364 e. The first-order valence-electron chi connectivity index (χ1n) is 5.66. The van der Waals surface area contributed by atoms with Crippen molar-refractivity contribution >= 4 is 5.91 Å². The lowest BCUT2D eigenvalue weighted by molar-refractivity contribution is -0.127. The van der Waals surface area contributed by atoms with Crippen molar-refractivity contribution in [2.45, 2.75) is 31.8 Å². The maximum atomic E-state index is 11.7. The van der Waals surface area contributed by atoms with E-state index in [1.54, 1.807) is 13.3 Å². The molecule has 1 fully saturated rings. The molecule has 1 aliphatic rings. The Balaban J connectivity index is 2.02. The third-order valence-electron chi connectivity index (χ3n) is 3.02. The molecule has 1 saturated heterocycles. The average molecular weight is 223 g/mol. The summed E-state index contributed by atoms with van der Waals surface area (Å²) in [6, 6.07) is 1.82. The number of likely N-dealkylation sites (tertiary alicyclic amines) is 1. The first-order valence-corrected chi connectivity index (χ1v) is 5.66. The number of carbonyl (C=O) groups excluding carboxylic acids is 1. The fourth-order valence-corrected chi connectivity index (χ4v) is 2.17. The minimum Gasteiger partial charge on any atom is -0.364 e. The zero-order chi connectivity index (χ0) is 11.4. The maximum absolute atomic E-state index is 11.7. The van der Waals surface area contributed by atoms with Crippen LogP contribution in [0.4, 0.5) is 0 Å². The zero-order valence-corrected chi connectivity index (χ0v) is 9.48. The van der Waals surface area contributed by atoms with E-state index in [0.29, 0.717) is 6.54 Å². The van der Waals surface area contributed by atoms with Gasteiger partial charge in [0.15, 0.2) is 0 Å². The predicted octanol–water partition coefficient (Wildman–Crippen LogP) is 0.775. The van der Waals surface area contributed by atoms with Gasteiger partial charge in [-0.3, -0.25) is 9.69 Å². The molecule has 88 valence electrons. The maximum Gasteiger partial charge on any atom is 0.237 e. The Morgan fingerprint density at radius 3 is 3.25 bits per heavy atom. The van der Waals surface area contributed by atoms with Gasteiger partial charge in [0.25, 0.3) is 0 Å². The average Bonchev–Trinajstić information content (AvgIpc) is 2.82. The Bertz CT molecular complexity index is 337. The van der Waals surface area contributed by atoms with Crippen LogP contribution in [0.1, 0.15) is 25.0 Å². The summed E-state index contributed by atoms with van der Waals surface area (Å²) in [5, 5.41) is 6.60. The second-order valence-corrected chi connectivity index (χ2v) is 4.09. The summed E-state index contributed by atoms with van der Waals surface area (Å²) in [5.74, 6) is 0.100. The van der Waals surface area contributed by atoms with Crippen LogP contribution in [0.3, 0.4) is 0 Å². The summed E-state index contributed by atoms with van der Waals surface area (Å²) in [5.41, 5.74) is 0.885. The topological polar surface area (TPSA) is 58.4 Å². The van der Waals surface area contributed by atoms with E-state index < -0.39 is 0 Å². The first-order chi connectivity index (χ1) is 7.81. The van der Waals surface area contributed by atoms with Crippen LogP contribution in [0.25, 0.3) is 0 Å². The van der Waals surface area contributed by atoms with Crippen LogP contribution >= 0.6 is 0 Å². The molecule has 1 N–H and O–H groups in total. The Morgan fingerprint density at radius 2 is 2.56 bits per heavy atom. The molecule has 1 aromatic rings. The van der Waals surface area contributed by atoms with Gasteiger partial charge in [-0.2, -0.15) is 0 Å². The molecule has 0 aromatic carbocycles. The first kappa shape index (κ1) is 11.1. The molecule has 0 saturated carbocycles. The number of amides is 1. The summed E-state index contributed by atoms with van der Waals surface area (Å²) in [7, 11) is 1.69. The molecule has 0 spiro atoms. The summed E-state index contributed by atoms with van der Waals surface area (Å²) in [4.78, 5) is 13.9. The number of likely N-dealkylation sites (N-methyl/N-ethyl adjacent to an activating group) is 1. The van der Waals surface area contributed by atoms with Crippen molar-refractivity contribution in [1.82, 2.24) is 15.4 Å². The van der Waals surface area contributed by atoms with Crippen molar-refractivity contribution < 1.29 is 9.32 Å². The molecule has 2 rings (SSSR count). The summed E-state index contributed by atoms with van der Waals surface area (Å²) in [6.07, 6.45) is 4.75. The van der Waals surface area contributed by atoms with E-state index in [1.165, 1.54) is 0 Å². The third-order valence-corrected chi connectivity index (χ3v) is 3.02. The highest BCUT2D eigenvalue weighted by Crippen LogP contribution is 2.19. The van der Waals surface area contributed by atoms with Crippen LogP contribution in [-0.4, -0.2) is 35.6 Å². The van der Waals surface area contributed by atoms with Gasteiger partial charge >= 0.3 is 0 Å². The molecule has 1 amide bonds. The third kappa shape index (κ3) is 2.41. The lowest BCUT2D eigenvalue weighted by Crippen LogP contribution is -2.48. The molecular weight excluding hydrogens is 206 g/mol. The quantitative estimate of drug-likeness (QED) is 0.822. The normalized spacial score (nSPS) is 21.9. The summed E-state index contributed by atoms with van der Waals surface area (Å²) >= 11 is 0. The monoisotopic (exact) mass is 223 g/mol.